The molecule has 2 rings (SSSR count). The van der Waals surface area contributed by atoms with Gasteiger partial charge in [-0.2, -0.15) is 0 Å². The van der Waals surface area contributed by atoms with E-state index in [9.17, 15) is 0 Å². The number of hydrogen-bond acceptors (Lipinski definition) is 4. The predicted octanol–water partition coefficient (Wildman–Crippen LogP) is -0.774. The Bertz CT molecular complexity index is 245. The molecule has 16 heavy (non-hydrogen) atoms. The molecule has 0 saturated carbocycles. The number of morpholine rings is 1. The van der Waals surface area contributed by atoms with Crippen LogP contribution < -0.4 is 5.32 Å². The number of terminal acetylenes is 1. The topological polar surface area (TPSA) is 27.7 Å². The fourth-order valence-corrected chi connectivity index (χ4v) is 2.35. The van der Waals surface area contributed by atoms with E-state index in [-0.39, 0.29) is 0 Å². The standard InChI is InChI=1S/C12H21N3O/c1-2-5-14-8-9-16-12(10-14)11-15-6-3-13-4-7-15/h1,12-13H,3-11H2. The quantitative estimate of drug-likeness (QED) is 0.636. The third-order valence-electron chi connectivity index (χ3n) is 3.21. The number of piperazine rings is 1. The zero-order valence-electron chi connectivity index (χ0n) is 9.82. The second kappa shape index (κ2) is 6.21. The Morgan fingerprint density at radius 3 is 2.81 bits per heavy atom. The van der Waals surface area contributed by atoms with Gasteiger partial charge in [-0.1, -0.05) is 5.92 Å². The van der Waals surface area contributed by atoms with Crippen molar-refractivity contribution in [3.05, 3.63) is 0 Å². The van der Waals surface area contributed by atoms with Crippen molar-refractivity contribution < 1.29 is 4.74 Å². The van der Waals surface area contributed by atoms with Crippen molar-refractivity contribution in [1.29, 1.82) is 0 Å². The van der Waals surface area contributed by atoms with Crippen molar-refractivity contribution in [3.63, 3.8) is 0 Å². The van der Waals surface area contributed by atoms with Crippen molar-refractivity contribution in [2.24, 2.45) is 0 Å². The van der Waals surface area contributed by atoms with E-state index >= 15 is 0 Å². The number of rotatable bonds is 3. The molecule has 0 aromatic heterocycles. The maximum absolute atomic E-state index is 5.78. The molecule has 2 fully saturated rings. The predicted molar refractivity (Wildman–Crippen MR) is 64.3 cm³/mol. The highest BCUT2D eigenvalue weighted by Gasteiger charge is 2.22. The fraction of sp³-hybridized carbons (Fsp3) is 0.833. The highest BCUT2D eigenvalue weighted by molar-refractivity contribution is 4.90. The van der Waals surface area contributed by atoms with Gasteiger partial charge in [-0.25, -0.2) is 0 Å². The summed E-state index contributed by atoms with van der Waals surface area (Å²) in [5.74, 6) is 2.71. The second-order valence-corrected chi connectivity index (χ2v) is 4.48. The van der Waals surface area contributed by atoms with Crippen molar-refractivity contribution in [1.82, 2.24) is 15.1 Å². The normalized spacial score (nSPS) is 28.8. The Balaban J connectivity index is 1.74. The van der Waals surface area contributed by atoms with Crippen LogP contribution in [0.5, 0.6) is 0 Å². The SMILES string of the molecule is C#CCN1CCOC(CN2CCNCC2)C1. The zero-order chi connectivity index (χ0) is 11.2. The Hall–Kier alpha value is -0.600. The second-order valence-electron chi connectivity index (χ2n) is 4.48. The van der Waals surface area contributed by atoms with Gasteiger partial charge in [-0.15, -0.1) is 6.42 Å². The molecule has 1 unspecified atom stereocenters. The lowest BCUT2D eigenvalue weighted by atomic mass is 10.2. The van der Waals surface area contributed by atoms with E-state index in [0.29, 0.717) is 6.10 Å². The van der Waals surface area contributed by atoms with E-state index < -0.39 is 0 Å². The lowest BCUT2D eigenvalue weighted by molar-refractivity contribution is -0.0405. The van der Waals surface area contributed by atoms with Crippen LogP contribution in [0.3, 0.4) is 0 Å². The van der Waals surface area contributed by atoms with Gasteiger partial charge >= 0.3 is 0 Å². The molecule has 0 aliphatic carbocycles. The third kappa shape index (κ3) is 3.46. The van der Waals surface area contributed by atoms with Crippen molar-refractivity contribution >= 4 is 0 Å². The zero-order valence-corrected chi connectivity index (χ0v) is 9.82. The van der Waals surface area contributed by atoms with Crippen LogP contribution in [0, 0.1) is 12.3 Å². The van der Waals surface area contributed by atoms with Crippen LogP contribution in [-0.4, -0.2) is 74.9 Å². The first-order valence-electron chi connectivity index (χ1n) is 6.09. The van der Waals surface area contributed by atoms with Gasteiger partial charge < -0.3 is 10.1 Å². The van der Waals surface area contributed by atoms with E-state index in [1.165, 1.54) is 0 Å². The third-order valence-corrected chi connectivity index (χ3v) is 3.21. The van der Waals surface area contributed by atoms with Crippen LogP contribution in [0.1, 0.15) is 0 Å². The largest absolute Gasteiger partial charge is 0.374 e. The highest BCUT2D eigenvalue weighted by atomic mass is 16.5. The van der Waals surface area contributed by atoms with Gasteiger partial charge in [0, 0.05) is 45.8 Å². The molecule has 0 amide bonds. The fourth-order valence-electron chi connectivity index (χ4n) is 2.35. The number of ether oxygens (including phenoxy) is 1. The number of hydrogen-bond donors (Lipinski definition) is 1. The van der Waals surface area contributed by atoms with Crippen molar-refractivity contribution in [3.8, 4) is 12.3 Å². The summed E-state index contributed by atoms with van der Waals surface area (Å²) in [5, 5.41) is 3.36. The Labute approximate surface area is 97.9 Å². The van der Waals surface area contributed by atoms with E-state index in [1.54, 1.807) is 0 Å². The average Bonchev–Trinajstić information content (AvgIpc) is 2.31. The smallest absolute Gasteiger partial charge is 0.0829 e. The van der Waals surface area contributed by atoms with E-state index in [2.05, 4.69) is 21.0 Å². The van der Waals surface area contributed by atoms with Crippen LogP contribution in [0.25, 0.3) is 0 Å². The molecule has 2 aliphatic heterocycles. The first-order valence-corrected chi connectivity index (χ1v) is 6.09. The average molecular weight is 223 g/mol. The van der Waals surface area contributed by atoms with Crippen LogP contribution in [0.4, 0.5) is 0 Å². The first-order chi connectivity index (χ1) is 7.88. The molecular weight excluding hydrogens is 202 g/mol. The lowest BCUT2D eigenvalue weighted by Gasteiger charge is -2.36. The molecule has 4 nitrogen and oxygen atoms in total. The van der Waals surface area contributed by atoms with Crippen LogP contribution in [0.2, 0.25) is 0 Å². The lowest BCUT2D eigenvalue weighted by Crippen LogP contribution is -2.51. The molecule has 2 heterocycles. The molecule has 0 spiro atoms. The minimum Gasteiger partial charge on any atom is -0.374 e. The van der Waals surface area contributed by atoms with Crippen molar-refractivity contribution in [2.75, 3.05) is 59.0 Å². The van der Waals surface area contributed by atoms with Gasteiger partial charge in [0.25, 0.3) is 0 Å². The molecule has 0 aromatic carbocycles. The molecule has 1 N–H and O–H groups in total. The molecule has 4 heteroatoms. The molecule has 2 aliphatic rings. The van der Waals surface area contributed by atoms with Gasteiger partial charge in [0.05, 0.1) is 19.3 Å². The van der Waals surface area contributed by atoms with Gasteiger partial charge in [-0.05, 0) is 0 Å². The van der Waals surface area contributed by atoms with Crippen molar-refractivity contribution in [2.45, 2.75) is 6.10 Å². The summed E-state index contributed by atoms with van der Waals surface area (Å²) in [6.07, 6.45) is 5.67. The maximum atomic E-state index is 5.78. The minimum atomic E-state index is 0.334. The Kier molecular flexibility index (Phi) is 4.61. The molecule has 1 atom stereocenters. The molecule has 90 valence electrons. The monoisotopic (exact) mass is 223 g/mol. The first kappa shape index (κ1) is 11.9. The number of nitrogens with zero attached hydrogens (tertiary/aromatic N) is 2. The van der Waals surface area contributed by atoms with Gasteiger partial charge in [-0.3, -0.25) is 9.80 Å². The summed E-state index contributed by atoms with van der Waals surface area (Å²) in [6, 6.07) is 0. The van der Waals surface area contributed by atoms with E-state index in [0.717, 1.165) is 59.0 Å². The molecular formula is C12H21N3O. The summed E-state index contributed by atoms with van der Waals surface area (Å²) in [5.41, 5.74) is 0. The van der Waals surface area contributed by atoms with Crippen LogP contribution in [0.15, 0.2) is 0 Å². The minimum absolute atomic E-state index is 0.334. The summed E-state index contributed by atoms with van der Waals surface area (Å²) in [4.78, 5) is 4.77. The van der Waals surface area contributed by atoms with Crippen LogP contribution >= 0.6 is 0 Å². The summed E-state index contributed by atoms with van der Waals surface area (Å²) in [6.45, 7) is 9.03. The van der Waals surface area contributed by atoms with Gasteiger partial charge in [0.1, 0.15) is 0 Å². The summed E-state index contributed by atoms with van der Waals surface area (Å²) >= 11 is 0. The summed E-state index contributed by atoms with van der Waals surface area (Å²) in [7, 11) is 0. The van der Waals surface area contributed by atoms with E-state index in [1.807, 2.05) is 0 Å². The van der Waals surface area contributed by atoms with Gasteiger partial charge in [0.2, 0.25) is 0 Å². The van der Waals surface area contributed by atoms with Crippen LogP contribution in [-0.2, 0) is 4.74 Å². The highest BCUT2D eigenvalue weighted by Crippen LogP contribution is 2.07. The molecule has 0 aromatic rings. The molecule has 2 saturated heterocycles. The molecule has 0 bridgehead atoms. The number of nitrogens with one attached hydrogen (secondary N) is 1. The molecule has 0 radical (unpaired) electrons. The Morgan fingerprint density at radius 2 is 2.06 bits per heavy atom. The van der Waals surface area contributed by atoms with E-state index in [4.69, 9.17) is 11.2 Å². The summed E-state index contributed by atoms with van der Waals surface area (Å²) < 4.78 is 5.78. The Morgan fingerprint density at radius 1 is 1.25 bits per heavy atom. The van der Waals surface area contributed by atoms with Gasteiger partial charge in [0.15, 0.2) is 0 Å². The maximum Gasteiger partial charge on any atom is 0.0829 e.